The Morgan fingerprint density at radius 2 is 1.91 bits per heavy atom. The van der Waals surface area contributed by atoms with E-state index in [0.717, 1.165) is 27.9 Å². The number of ether oxygens (including phenoxy) is 1. The van der Waals surface area contributed by atoms with E-state index in [2.05, 4.69) is 5.43 Å². The summed E-state index contributed by atoms with van der Waals surface area (Å²) in [4.78, 5) is 25.8. The summed E-state index contributed by atoms with van der Waals surface area (Å²) in [5, 5.41) is 1.33. The number of benzene rings is 3. The maximum Gasteiger partial charge on any atom is 0.285 e. The molecule has 2 amide bonds. The number of hydrazine groups is 1. The first-order valence-corrected chi connectivity index (χ1v) is 11.7. The van der Waals surface area contributed by atoms with Gasteiger partial charge in [-0.15, -0.1) is 0 Å². The molecule has 0 aromatic heterocycles. The number of aryl methyl sites for hydroxylation is 1. The highest BCUT2D eigenvalue weighted by atomic mass is 35.5. The molecule has 1 aliphatic heterocycles. The predicted molar refractivity (Wildman–Crippen MR) is 136 cm³/mol. The van der Waals surface area contributed by atoms with Gasteiger partial charge in [-0.3, -0.25) is 15.0 Å². The molecular formula is C25H18ClFN2O3S2. The van der Waals surface area contributed by atoms with Crippen LogP contribution in [0.5, 0.6) is 5.75 Å². The molecule has 1 fully saturated rings. The second-order valence-corrected chi connectivity index (χ2v) is 9.47. The molecule has 34 heavy (non-hydrogen) atoms. The number of halogens is 2. The zero-order chi connectivity index (χ0) is 24.2. The molecule has 4 rings (SSSR count). The van der Waals surface area contributed by atoms with Crippen molar-refractivity contribution in [1.29, 1.82) is 0 Å². The van der Waals surface area contributed by atoms with E-state index in [1.54, 1.807) is 66.7 Å². The van der Waals surface area contributed by atoms with Crippen LogP contribution in [-0.2, 0) is 11.4 Å². The molecule has 172 valence electrons. The molecule has 5 nitrogen and oxygen atoms in total. The van der Waals surface area contributed by atoms with Gasteiger partial charge in [-0.05, 0) is 66.7 Å². The van der Waals surface area contributed by atoms with Gasteiger partial charge in [-0.25, -0.2) is 4.39 Å². The van der Waals surface area contributed by atoms with Crippen LogP contribution < -0.4 is 10.2 Å². The SMILES string of the molecule is Cc1ccc(C(=O)NN2C(=O)/C(=C\c3ccc(OCc4ccccc4F)cc3)SC2=S)c(Cl)c1. The molecule has 0 atom stereocenters. The zero-order valence-corrected chi connectivity index (χ0v) is 20.3. The second kappa shape index (κ2) is 10.4. The number of thioether (sulfide) groups is 1. The third-order valence-corrected chi connectivity index (χ3v) is 6.52. The van der Waals surface area contributed by atoms with Crippen LogP contribution >= 0.6 is 35.6 Å². The van der Waals surface area contributed by atoms with Crippen molar-refractivity contribution in [3.05, 3.63) is 105 Å². The van der Waals surface area contributed by atoms with Crippen LogP contribution in [0.2, 0.25) is 5.02 Å². The van der Waals surface area contributed by atoms with Gasteiger partial charge in [0, 0.05) is 5.56 Å². The van der Waals surface area contributed by atoms with Gasteiger partial charge in [0.2, 0.25) is 0 Å². The van der Waals surface area contributed by atoms with Gasteiger partial charge in [-0.2, -0.15) is 5.01 Å². The summed E-state index contributed by atoms with van der Waals surface area (Å²) in [7, 11) is 0. The highest BCUT2D eigenvalue weighted by Crippen LogP contribution is 2.32. The first-order valence-electron chi connectivity index (χ1n) is 10.1. The van der Waals surface area contributed by atoms with Gasteiger partial charge in [0.15, 0.2) is 4.32 Å². The predicted octanol–water partition coefficient (Wildman–Crippen LogP) is 5.91. The van der Waals surface area contributed by atoms with E-state index >= 15 is 0 Å². The van der Waals surface area contributed by atoms with Crippen molar-refractivity contribution in [2.45, 2.75) is 13.5 Å². The molecule has 1 aliphatic rings. The van der Waals surface area contributed by atoms with Crippen molar-refractivity contribution in [3.8, 4) is 5.75 Å². The summed E-state index contributed by atoms with van der Waals surface area (Å²) in [6.45, 7) is 1.97. The number of carbonyl (C=O) groups excluding carboxylic acids is 2. The summed E-state index contributed by atoms with van der Waals surface area (Å²) in [6, 6.07) is 18.4. The lowest BCUT2D eigenvalue weighted by atomic mass is 10.1. The lowest BCUT2D eigenvalue weighted by Gasteiger charge is -2.16. The van der Waals surface area contributed by atoms with E-state index in [-0.39, 0.29) is 27.3 Å². The van der Waals surface area contributed by atoms with Crippen molar-refractivity contribution in [1.82, 2.24) is 10.4 Å². The first kappa shape index (κ1) is 23.9. The molecule has 3 aromatic rings. The number of hydrogen-bond donors (Lipinski definition) is 1. The fourth-order valence-corrected chi connectivity index (χ4v) is 4.62. The largest absolute Gasteiger partial charge is 0.489 e. The second-order valence-electron chi connectivity index (χ2n) is 7.39. The van der Waals surface area contributed by atoms with Crippen LogP contribution in [0.25, 0.3) is 6.08 Å². The van der Waals surface area contributed by atoms with Gasteiger partial charge in [0.1, 0.15) is 18.2 Å². The van der Waals surface area contributed by atoms with Crippen LogP contribution in [-0.4, -0.2) is 21.1 Å². The molecule has 0 bridgehead atoms. The highest BCUT2D eigenvalue weighted by molar-refractivity contribution is 8.26. The molecule has 1 saturated heterocycles. The molecular weight excluding hydrogens is 495 g/mol. The molecule has 0 aliphatic carbocycles. The minimum absolute atomic E-state index is 0.107. The topological polar surface area (TPSA) is 58.6 Å². The Bertz CT molecular complexity index is 1310. The number of rotatable bonds is 6. The lowest BCUT2D eigenvalue weighted by Crippen LogP contribution is -2.44. The Kier molecular flexibility index (Phi) is 7.31. The van der Waals surface area contributed by atoms with E-state index in [9.17, 15) is 14.0 Å². The van der Waals surface area contributed by atoms with Gasteiger partial charge >= 0.3 is 0 Å². The number of thiocarbonyl (C=S) groups is 1. The molecule has 1 heterocycles. The van der Waals surface area contributed by atoms with Crippen LogP contribution in [0.3, 0.4) is 0 Å². The van der Waals surface area contributed by atoms with Gasteiger partial charge < -0.3 is 4.74 Å². The average molecular weight is 513 g/mol. The smallest absolute Gasteiger partial charge is 0.285 e. The zero-order valence-electron chi connectivity index (χ0n) is 17.9. The van der Waals surface area contributed by atoms with Crippen molar-refractivity contribution < 1.29 is 18.7 Å². The number of carbonyl (C=O) groups is 2. The standard InChI is InChI=1S/C25H18ClFN2O3S2/c1-15-6-11-19(20(26)12-15)23(30)28-29-24(31)22(34-25(29)33)13-16-7-9-18(10-8-16)32-14-17-4-2-3-5-21(17)27/h2-13H,14H2,1H3,(H,28,30)/b22-13+. The maximum absolute atomic E-state index is 13.7. The van der Waals surface area contributed by atoms with Gasteiger partial charge in [0.25, 0.3) is 11.8 Å². The Hall–Kier alpha value is -3.20. The van der Waals surface area contributed by atoms with Crippen molar-refractivity contribution in [2.24, 2.45) is 0 Å². The summed E-state index contributed by atoms with van der Waals surface area (Å²) >= 11 is 12.5. The Labute approximate surface area is 210 Å². The first-order chi connectivity index (χ1) is 16.3. The van der Waals surface area contributed by atoms with E-state index in [1.807, 2.05) is 6.92 Å². The van der Waals surface area contributed by atoms with Crippen LogP contribution in [0, 0.1) is 12.7 Å². The summed E-state index contributed by atoms with van der Waals surface area (Å²) in [5.74, 6) is -0.724. The minimum atomic E-state index is -0.529. The maximum atomic E-state index is 13.7. The lowest BCUT2D eigenvalue weighted by molar-refractivity contribution is -0.123. The van der Waals surface area contributed by atoms with Crippen molar-refractivity contribution >= 4 is 57.8 Å². The monoisotopic (exact) mass is 512 g/mol. The summed E-state index contributed by atoms with van der Waals surface area (Å²) in [6.07, 6.45) is 1.67. The quantitative estimate of drug-likeness (QED) is 0.328. The fraction of sp³-hybridized carbons (Fsp3) is 0.0800. The Morgan fingerprint density at radius 1 is 1.18 bits per heavy atom. The van der Waals surface area contributed by atoms with Crippen molar-refractivity contribution in [2.75, 3.05) is 0 Å². The van der Waals surface area contributed by atoms with E-state index in [0.29, 0.717) is 16.2 Å². The summed E-state index contributed by atoms with van der Waals surface area (Å²) < 4.78 is 19.6. The third-order valence-electron chi connectivity index (χ3n) is 4.91. The van der Waals surface area contributed by atoms with E-state index < -0.39 is 11.8 Å². The van der Waals surface area contributed by atoms with Gasteiger partial charge in [-0.1, -0.05) is 59.8 Å². The molecule has 1 N–H and O–H groups in total. The Balaban J connectivity index is 1.41. The normalized spacial score (nSPS) is 14.6. The number of nitrogens with one attached hydrogen (secondary N) is 1. The molecule has 9 heteroatoms. The van der Waals surface area contributed by atoms with E-state index in [4.69, 9.17) is 28.6 Å². The van der Waals surface area contributed by atoms with Crippen LogP contribution in [0.15, 0.2) is 71.6 Å². The number of nitrogens with zero attached hydrogens (tertiary/aromatic N) is 1. The molecule has 0 spiro atoms. The Morgan fingerprint density at radius 3 is 2.62 bits per heavy atom. The summed E-state index contributed by atoms with van der Waals surface area (Å²) in [5.41, 5.74) is 4.89. The molecule has 0 saturated carbocycles. The number of amides is 2. The van der Waals surface area contributed by atoms with E-state index in [1.165, 1.54) is 6.07 Å². The van der Waals surface area contributed by atoms with Crippen LogP contribution in [0.4, 0.5) is 4.39 Å². The third kappa shape index (κ3) is 5.47. The molecule has 0 unspecified atom stereocenters. The fourth-order valence-electron chi connectivity index (χ4n) is 3.12. The minimum Gasteiger partial charge on any atom is -0.489 e. The average Bonchev–Trinajstić information content (AvgIpc) is 3.06. The number of hydrogen-bond acceptors (Lipinski definition) is 5. The van der Waals surface area contributed by atoms with Crippen LogP contribution in [0.1, 0.15) is 27.0 Å². The molecule has 3 aromatic carbocycles. The van der Waals surface area contributed by atoms with Crippen molar-refractivity contribution in [3.63, 3.8) is 0 Å². The highest BCUT2D eigenvalue weighted by Gasteiger charge is 2.34. The molecule has 0 radical (unpaired) electrons. The van der Waals surface area contributed by atoms with Gasteiger partial charge in [0.05, 0.1) is 15.5 Å².